The van der Waals surface area contributed by atoms with Gasteiger partial charge in [-0.3, -0.25) is 9.36 Å². The SMILES string of the molecule is CC.Cn1c(C(F)(F)F)cc(=O)n(-c2cc(SCC=O)c(Cl)cc2F)c1=O. The van der Waals surface area contributed by atoms with E-state index in [1.54, 1.807) is 0 Å². The van der Waals surface area contributed by atoms with Crippen molar-refractivity contribution < 1.29 is 22.4 Å². The van der Waals surface area contributed by atoms with Crippen LogP contribution in [0.2, 0.25) is 5.02 Å². The van der Waals surface area contributed by atoms with Crippen molar-refractivity contribution in [3.63, 3.8) is 0 Å². The van der Waals surface area contributed by atoms with Crippen molar-refractivity contribution in [3.8, 4) is 5.69 Å². The molecule has 2 aromatic rings. The van der Waals surface area contributed by atoms with Gasteiger partial charge in [0.1, 0.15) is 17.8 Å². The number of aldehydes is 1. The molecule has 0 radical (unpaired) electrons. The van der Waals surface area contributed by atoms with Gasteiger partial charge in [0.2, 0.25) is 0 Å². The Morgan fingerprint density at radius 2 is 1.78 bits per heavy atom. The number of halogens is 5. The molecule has 11 heteroatoms. The smallest absolute Gasteiger partial charge is 0.302 e. The highest BCUT2D eigenvalue weighted by atomic mass is 35.5. The first kappa shape index (κ1) is 23.0. The molecule has 5 nitrogen and oxygen atoms in total. The van der Waals surface area contributed by atoms with E-state index in [1.807, 2.05) is 13.8 Å². The molecule has 1 heterocycles. The quantitative estimate of drug-likeness (QED) is 0.425. The van der Waals surface area contributed by atoms with Crippen molar-refractivity contribution in [2.45, 2.75) is 24.9 Å². The number of thioether (sulfide) groups is 1. The van der Waals surface area contributed by atoms with E-state index in [1.165, 1.54) is 0 Å². The van der Waals surface area contributed by atoms with Gasteiger partial charge in [-0.05, 0) is 12.1 Å². The maximum atomic E-state index is 14.2. The van der Waals surface area contributed by atoms with Gasteiger partial charge < -0.3 is 4.79 Å². The Morgan fingerprint density at radius 3 is 2.30 bits per heavy atom. The summed E-state index contributed by atoms with van der Waals surface area (Å²) < 4.78 is 53.2. The highest BCUT2D eigenvalue weighted by Gasteiger charge is 2.35. The fraction of sp³-hybridized carbons (Fsp3) is 0.312. The molecule has 0 aliphatic carbocycles. The third kappa shape index (κ3) is 5.01. The summed E-state index contributed by atoms with van der Waals surface area (Å²) in [5, 5.41) is -0.0649. The van der Waals surface area contributed by atoms with E-state index < -0.39 is 34.6 Å². The van der Waals surface area contributed by atoms with E-state index in [2.05, 4.69) is 0 Å². The number of aromatic nitrogens is 2. The Morgan fingerprint density at radius 1 is 1.19 bits per heavy atom. The van der Waals surface area contributed by atoms with Gasteiger partial charge >= 0.3 is 11.9 Å². The third-order valence-electron chi connectivity index (χ3n) is 3.16. The lowest BCUT2D eigenvalue weighted by Crippen LogP contribution is -2.41. The summed E-state index contributed by atoms with van der Waals surface area (Å²) >= 11 is 6.74. The normalized spacial score (nSPS) is 11.0. The monoisotopic (exact) mass is 426 g/mol. The molecule has 0 saturated heterocycles. The Labute approximate surface area is 160 Å². The summed E-state index contributed by atoms with van der Waals surface area (Å²) in [5.74, 6) is -1.09. The first-order valence-corrected chi connectivity index (χ1v) is 8.90. The molecule has 0 unspecified atom stereocenters. The third-order valence-corrected chi connectivity index (χ3v) is 4.54. The van der Waals surface area contributed by atoms with Gasteiger partial charge in [-0.25, -0.2) is 13.8 Å². The summed E-state index contributed by atoms with van der Waals surface area (Å²) in [6.07, 6.45) is -4.36. The maximum absolute atomic E-state index is 14.2. The summed E-state index contributed by atoms with van der Waals surface area (Å²) in [4.78, 5) is 34.8. The summed E-state index contributed by atoms with van der Waals surface area (Å²) in [5.41, 5.74) is -4.73. The fourth-order valence-electron chi connectivity index (χ4n) is 2.04. The minimum absolute atomic E-state index is 0.0231. The zero-order chi connectivity index (χ0) is 20.9. The van der Waals surface area contributed by atoms with Crippen LogP contribution in [0.3, 0.4) is 0 Å². The first-order valence-electron chi connectivity index (χ1n) is 7.54. The van der Waals surface area contributed by atoms with Crippen molar-refractivity contribution in [3.05, 3.63) is 55.6 Å². The standard InChI is InChI=1S/C14H9ClF4N2O3S.C2H6/c1-20-11(14(17,18)19)6-12(23)21(13(20)24)9-5-10(25-3-2-22)7(15)4-8(9)16;1-2/h2,4-6H,3H2,1H3;1-2H3. The number of carbonyl (C=O) groups is 1. The Bertz CT molecular complexity index is 954. The lowest BCUT2D eigenvalue weighted by atomic mass is 10.3. The van der Waals surface area contributed by atoms with Gasteiger partial charge in [-0.2, -0.15) is 13.2 Å². The van der Waals surface area contributed by atoms with Gasteiger partial charge in [0.25, 0.3) is 5.56 Å². The molecule has 1 aromatic carbocycles. The zero-order valence-corrected chi connectivity index (χ0v) is 16.0. The molecule has 0 aliphatic heterocycles. The van der Waals surface area contributed by atoms with Crippen LogP contribution >= 0.6 is 23.4 Å². The Balaban J connectivity index is 0.00000176. The Kier molecular flexibility index (Phi) is 7.85. The van der Waals surface area contributed by atoms with Crippen LogP contribution in [0.1, 0.15) is 19.5 Å². The predicted molar refractivity (Wildman–Crippen MR) is 95.4 cm³/mol. The molecule has 0 aliphatic rings. The number of rotatable bonds is 4. The van der Waals surface area contributed by atoms with Crippen molar-refractivity contribution >= 4 is 29.6 Å². The van der Waals surface area contributed by atoms with Crippen molar-refractivity contribution in [1.82, 2.24) is 9.13 Å². The average molecular weight is 427 g/mol. The molecule has 148 valence electrons. The van der Waals surface area contributed by atoms with E-state index in [0.717, 1.165) is 30.9 Å². The maximum Gasteiger partial charge on any atom is 0.431 e. The molecule has 0 amide bonds. The number of hydrogen-bond acceptors (Lipinski definition) is 4. The minimum Gasteiger partial charge on any atom is -0.302 e. The van der Waals surface area contributed by atoms with Gasteiger partial charge in [0.05, 0.1) is 16.5 Å². The van der Waals surface area contributed by atoms with Crippen LogP contribution in [0, 0.1) is 5.82 Å². The van der Waals surface area contributed by atoms with Crippen LogP contribution in [-0.4, -0.2) is 21.2 Å². The second-order valence-corrected chi connectivity index (χ2v) is 6.22. The summed E-state index contributed by atoms with van der Waals surface area (Å²) in [6.45, 7) is 4.00. The average Bonchev–Trinajstić information content (AvgIpc) is 2.59. The molecular formula is C16H15ClF4N2O3S. The molecule has 0 atom stereocenters. The van der Waals surface area contributed by atoms with Crippen LogP contribution in [0.4, 0.5) is 17.6 Å². The number of nitrogens with zero attached hydrogens (tertiary/aromatic N) is 2. The lowest BCUT2D eigenvalue weighted by molar-refractivity contribution is -0.144. The first-order chi connectivity index (χ1) is 12.6. The molecule has 2 rings (SSSR count). The number of carbonyl (C=O) groups excluding carboxylic acids is 1. The number of alkyl halides is 3. The van der Waals surface area contributed by atoms with Crippen molar-refractivity contribution in [2.24, 2.45) is 7.05 Å². The molecule has 0 bridgehead atoms. The van der Waals surface area contributed by atoms with E-state index >= 15 is 0 Å². The van der Waals surface area contributed by atoms with E-state index in [0.29, 0.717) is 6.29 Å². The molecule has 0 N–H and O–H groups in total. The zero-order valence-electron chi connectivity index (χ0n) is 14.4. The van der Waals surface area contributed by atoms with Crippen LogP contribution < -0.4 is 11.2 Å². The predicted octanol–water partition coefficient (Wildman–Crippen LogP) is 3.66. The number of hydrogen-bond donors (Lipinski definition) is 0. The molecular weight excluding hydrogens is 412 g/mol. The van der Waals surface area contributed by atoms with Crippen LogP contribution in [0.5, 0.6) is 0 Å². The van der Waals surface area contributed by atoms with Crippen LogP contribution in [-0.2, 0) is 18.0 Å². The van der Waals surface area contributed by atoms with Crippen LogP contribution in [0.15, 0.2) is 32.7 Å². The Hall–Kier alpha value is -2.07. The molecule has 0 saturated carbocycles. The van der Waals surface area contributed by atoms with E-state index in [4.69, 9.17) is 11.6 Å². The summed E-state index contributed by atoms with van der Waals surface area (Å²) in [7, 11) is 0.816. The van der Waals surface area contributed by atoms with Crippen molar-refractivity contribution in [2.75, 3.05) is 5.75 Å². The summed E-state index contributed by atoms with van der Waals surface area (Å²) in [6, 6.07) is 2.04. The highest BCUT2D eigenvalue weighted by molar-refractivity contribution is 8.00. The fourth-order valence-corrected chi connectivity index (χ4v) is 3.00. The van der Waals surface area contributed by atoms with Gasteiger partial charge in [-0.1, -0.05) is 25.4 Å². The largest absolute Gasteiger partial charge is 0.431 e. The second kappa shape index (κ2) is 9.23. The van der Waals surface area contributed by atoms with Gasteiger partial charge in [0, 0.05) is 18.0 Å². The topological polar surface area (TPSA) is 61.1 Å². The molecule has 0 fully saturated rings. The van der Waals surface area contributed by atoms with Crippen molar-refractivity contribution in [1.29, 1.82) is 0 Å². The number of benzene rings is 1. The molecule has 0 spiro atoms. The lowest BCUT2D eigenvalue weighted by Gasteiger charge is -2.15. The van der Waals surface area contributed by atoms with Gasteiger partial charge in [0.15, 0.2) is 0 Å². The molecule has 1 aromatic heterocycles. The second-order valence-electron chi connectivity index (χ2n) is 4.75. The van der Waals surface area contributed by atoms with Crippen LogP contribution in [0.25, 0.3) is 5.69 Å². The van der Waals surface area contributed by atoms with E-state index in [9.17, 15) is 31.9 Å². The van der Waals surface area contributed by atoms with Gasteiger partial charge in [-0.15, -0.1) is 11.8 Å². The van der Waals surface area contributed by atoms with E-state index in [-0.39, 0.29) is 30.9 Å². The minimum atomic E-state index is -4.92. The highest BCUT2D eigenvalue weighted by Crippen LogP contribution is 2.31. The molecule has 27 heavy (non-hydrogen) atoms.